The van der Waals surface area contributed by atoms with Gasteiger partial charge in [-0.05, 0) is 52.9 Å². The number of carbonyl (C=O) groups excluding carboxylic acids is 1. The molecule has 1 amide bonds. The zero-order valence-electron chi connectivity index (χ0n) is 8.78. The number of anilines is 1. The molecule has 0 fully saturated rings. The second-order valence-corrected chi connectivity index (χ2v) is 4.69. The number of carbonyl (C=O) groups is 1. The molecule has 0 bridgehead atoms. The van der Waals surface area contributed by atoms with E-state index in [1.807, 2.05) is 6.07 Å². The highest BCUT2D eigenvalue weighted by Gasteiger charge is 2.08. The molecular weight excluding hydrogens is 332 g/mol. The Balaban J connectivity index is 2.20. The molecule has 2 aromatic carbocycles. The van der Waals surface area contributed by atoms with Crippen LogP contribution < -0.4 is 5.32 Å². The van der Waals surface area contributed by atoms with Crippen LogP contribution in [0.5, 0.6) is 0 Å². The Morgan fingerprint density at radius 1 is 1.12 bits per heavy atom. The maximum absolute atomic E-state index is 13.3. The summed E-state index contributed by atoms with van der Waals surface area (Å²) in [5.74, 6) is -0.750. The Kier molecular flexibility index (Phi) is 3.73. The molecule has 0 aromatic heterocycles. The minimum Gasteiger partial charge on any atom is -0.319 e. The molecule has 0 saturated heterocycles. The largest absolute Gasteiger partial charge is 0.319 e. The molecule has 0 spiro atoms. The number of amides is 1. The number of hydrogen-bond acceptors (Lipinski definition) is 1. The van der Waals surface area contributed by atoms with Gasteiger partial charge in [0.1, 0.15) is 5.82 Å². The summed E-state index contributed by atoms with van der Waals surface area (Å²) in [7, 11) is 0. The van der Waals surface area contributed by atoms with Gasteiger partial charge in [0.25, 0.3) is 5.91 Å². The average molecular weight is 341 g/mol. The molecule has 0 saturated carbocycles. The first-order valence-electron chi connectivity index (χ1n) is 4.98. The zero-order chi connectivity index (χ0) is 12.3. The number of para-hydroxylation sites is 1. The third kappa shape index (κ3) is 3.03. The van der Waals surface area contributed by atoms with Crippen molar-refractivity contribution in [3.63, 3.8) is 0 Å². The second kappa shape index (κ2) is 5.27. The van der Waals surface area contributed by atoms with Crippen molar-refractivity contribution in [3.8, 4) is 0 Å². The first kappa shape index (κ1) is 12.0. The van der Waals surface area contributed by atoms with Crippen LogP contribution in [0.15, 0.2) is 48.5 Å². The molecule has 0 heterocycles. The Morgan fingerprint density at radius 2 is 1.88 bits per heavy atom. The third-order valence-corrected chi connectivity index (χ3v) is 2.88. The molecule has 2 rings (SSSR count). The predicted molar refractivity (Wildman–Crippen MR) is 73.5 cm³/mol. The van der Waals surface area contributed by atoms with Crippen molar-refractivity contribution >= 4 is 34.2 Å². The summed E-state index contributed by atoms with van der Waals surface area (Å²) in [6.45, 7) is 0. The van der Waals surface area contributed by atoms with Crippen molar-refractivity contribution in [2.24, 2.45) is 0 Å². The molecule has 86 valence electrons. The lowest BCUT2D eigenvalue weighted by atomic mass is 10.2. The molecule has 17 heavy (non-hydrogen) atoms. The van der Waals surface area contributed by atoms with Crippen LogP contribution in [0.25, 0.3) is 0 Å². The SMILES string of the molecule is O=C(Nc1ccccc1F)c1cccc(I)c1. The lowest BCUT2D eigenvalue weighted by molar-refractivity contribution is 0.102. The van der Waals surface area contributed by atoms with Gasteiger partial charge in [-0.3, -0.25) is 4.79 Å². The van der Waals surface area contributed by atoms with Crippen LogP contribution in [0.4, 0.5) is 10.1 Å². The van der Waals surface area contributed by atoms with Crippen LogP contribution in [-0.4, -0.2) is 5.91 Å². The molecule has 2 aromatic rings. The molecule has 0 aliphatic rings. The van der Waals surface area contributed by atoms with Crippen molar-refractivity contribution in [3.05, 3.63) is 63.5 Å². The van der Waals surface area contributed by atoms with Crippen molar-refractivity contribution in [1.29, 1.82) is 0 Å². The summed E-state index contributed by atoms with van der Waals surface area (Å²) in [4.78, 5) is 11.8. The number of nitrogens with one attached hydrogen (secondary N) is 1. The highest BCUT2D eigenvalue weighted by Crippen LogP contribution is 2.15. The summed E-state index contributed by atoms with van der Waals surface area (Å²) < 4.78 is 14.3. The summed E-state index contributed by atoms with van der Waals surface area (Å²) >= 11 is 2.12. The highest BCUT2D eigenvalue weighted by molar-refractivity contribution is 14.1. The molecule has 0 aliphatic carbocycles. The Hall–Kier alpha value is -1.43. The Labute approximate surface area is 112 Å². The van der Waals surface area contributed by atoms with E-state index in [0.717, 1.165) is 3.57 Å². The molecule has 1 N–H and O–H groups in total. The summed E-state index contributed by atoms with van der Waals surface area (Å²) in [6, 6.07) is 13.2. The fourth-order valence-electron chi connectivity index (χ4n) is 1.39. The minimum absolute atomic E-state index is 0.191. The van der Waals surface area contributed by atoms with Crippen LogP contribution >= 0.6 is 22.6 Å². The molecule has 0 radical (unpaired) electrons. The zero-order valence-corrected chi connectivity index (χ0v) is 10.9. The normalized spacial score (nSPS) is 10.0. The minimum atomic E-state index is -0.438. The van der Waals surface area contributed by atoms with E-state index in [1.54, 1.807) is 30.3 Å². The number of halogens is 2. The summed E-state index contributed by atoms with van der Waals surface area (Å²) in [5, 5.41) is 2.54. The van der Waals surface area contributed by atoms with Gasteiger partial charge in [-0.2, -0.15) is 0 Å². The molecule has 4 heteroatoms. The van der Waals surface area contributed by atoms with Gasteiger partial charge in [-0.1, -0.05) is 18.2 Å². The predicted octanol–water partition coefficient (Wildman–Crippen LogP) is 3.68. The van der Waals surface area contributed by atoms with E-state index in [9.17, 15) is 9.18 Å². The number of hydrogen-bond donors (Lipinski definition) is 1. The number of benzene rings is 2. The van der Waals surface area contributed by atoms with Crippen LogP contribution in [0.2, 0.25) is 0 Å². The molecule has 0 aliphatic heterocycles. The van der Waals surface area contributed by atoms with E-state index in [-0.39, 0.29) is 11.6 Å². The van der Waals surface area contributed by atoms with Crippen molar-refractivity contribution in [2.75, 3.05) is 5.32 Å². The molecule has 2 nitrogen and oxygen atoms in total. The average Bonchev–Trinajstić information content (AvgIpc) is 2.32. The van der Waals surface area contributed by atoms with Crippen LogP contribution in [0, 0.1) is 9.39 Å². The molecular formula is C13H9FINO. The summed E-state index contributed by atoms with van der Waals surface area (Å²) in [6.07, 6.45) is 0. The lowest BCUT2D eigenvalue weighted by Crippen LogP contribution is -2.12. The first-order chi connectivity index (χ1) is 8.16. The Bertz CT molecular complexity index is 557. The van der Waals surface area contributed by atoms with Gasteiger partial charge in [0.15, 0.2) is 0 Å². The van der Waals surface area contributed by atoms with Gasteiger partial charge in [-0.25, -0.2) is 4.39 Å². The highest BCUT2D eigenvalue weighted by atomic mass is 127. The topological polar surface area (TPSA) is 29.1 Å². The maximum Gasteiger partial charge on any atom is 0.255 e. The van der Waals surface area contributed by atoms with Gasteiger partial charge < -0.3 is 5.32 Å². The second-order valence-electron chi connectivity index (χ2n) is 3.44. The maximum atomic E-state index is 13.3. The third-order valence-electron chi connectivity index (χ3n) is 2.21. The fraction of sp³-hybridized carbons (Fsp3) is 0. The molecule has 0 unspecified atom stereocenters. The van der Waals surface area contributed by atoms with Gasteiger partial charge in [0.2, 0.25) is 0 Å². The van der Waals surface area contributed by atoms with Crippen molar-refractivity contribution < 1.29 is 9.18 Å². The van der Waals surface area contributed by atoms with Gasteiger partial charge in [-0.15, -0.1) is 0 Å². The number of rotatable bonds is 2. The van der Waals surface area contributed by atoms with Crippen molar-refractivity contribution in [1.82, 2.24) is 0 Å². The van der Waals surface area contributed by atoms with Crippen molar-refractivity contribution in [2.45, 2.75) is 0 Å². The van der Waals surface area contributed by atoms with E-state index < -0.39 is 5.82 Å². The van der Waals surface area contributed by atoms with Crippen LogP contribution in [0.3, 0.4) is 0 Å². The smallest absolute Gasteiger partial charge is 0.255 e. The summed E-state index contributed by atoms with van der Waals surface area (Å²) in [5.41, 5.74) is 0.705. The van der Waals surface area contributed by atoms with E-state index >= 15 is 0 Å². The lowest BCUT2D eigenvalue weighted by Gasteiger charge is -2.06. The van der Waals surface area contributed by atoms with E-state index in [0.29, 0.717) is 5.56 Å². The van der Waals surface area contributed by atoms with Gasteiger partial charge in [0.05, 0.1) is 5.69 Å². The van der Waals surface area contributed by atoms with E-state index in [1.165, 1.54) is 12.1 Å². The van der Waals surface area contributed by atoms with E-state index in [2.05, 4.69) is 27.9 Å². The quantitative estimate of drug-likeness (QED) is 0.830. The first-order valence-corrected chi connectivity index (χ1v) is 6.06. The fourth-order valence-corrected chi connectivity index (χ4v) is 1.93. The van der Waals surface area contributed by atoms with Crippen LogP contribution in [0.1, 0.15) is 10.4 Å². The van der Waals surface area contributed by atoms with E-state index in [4.69, 9.17) is 0 Å². The Morgan fingerprint density at radius 3 is 2.59 bits per heavy atom. The standard InChI is InChI=1S/C13H9FINO/c14-11-6-1-2-7-12(11)16-13(17)9-4-3-5-10(15)8-9/h1-8H,(H,16,17). The monoisotopic (exact) mass is 341 g/mol. The van der Waals surface area contributed by atoms with Gasteiger partial charge >= 0.3 is 0 Å². The van der Waals surface area contributed by atoms with Crippen LogP contribution in [-0.2, 0) is 0 Å². The van der Waals surface area contributed by atoms with Gasteiger partial charge in [0, 0.05) is 9.13 Å². The molecule has 0 atom stereocenters.